The molecule has 0 saturated heterocycles. The lowest BCUT2D eigenvalue weighted by molar-refractivity contribution is 0.178. The number of nitrogens with zero attached hydrogens (tertiary/aromatic N) is 2. The molecular formula is C14H26N4O2. The van der Waals surface area contributed by atoms with E-state index in [1.54, 1.807) is 14.2 Å². The molecule has 2 N–H and O–H groups in total. The molecule has 0 fully saturated rings. The monoisotopic (exact) mass is 282 g/mol. The van der Waals surface area contributed by atoms with E-state index in [4.69, 9.17) is 9.47 Å². The van der Waals surface area contributed by atoms with Crippen molar-refractivity contribution >= 4 is 11.6 Å². The number of aromatic nitrogens is 2. The molecule has 1 heterocycles. The van der Waals surface area contributed by atoms with Gasteiger partial charge in [0.25, 0.3) is 0 Å². The van der Waals surface area contributed by atoms with Crippen molar-refractivity contribution in [2.45, 2.75) is 32.8 Å². The molecule has 0 unspecified atom stereocenters. The molecule has 114 valence electrons. The van der Waals surface area contributed by atoms with Gasteiger partial charge in [-0.15, -0.1) is 0 Å². The Labute approximate surface area is 121 Å². The highest BCUT2D eigenvalue weighted by atomic mass is 16.5. The quantitative estimate of drug-likeness (QED) is 0.607. The fraction of sp³-hybridized carbons (Fsp3) is 0.714. The maximum atomic E-state index is 5.09. The minimum atomic E-state index is 0.418. The van der Waals surface area contributed by atoms with Gasteiger partial charge in [-0.1, -0.05) is 0 Å². The normalized spacial score (nSPS) is 10.6. The van der Waals surface area contributed by atoms with Gasteiger partial charge in [-0.3, -0.25) is 0 Å². The summed E-state index contributed by atoms with van der Waals surface area (Å²) in [7, 11) is 3.38. The van der Waals surface area contributed by atoms with Gasteiger partial charge in [-0.2, -0.15) is 0 Å². The van der Waals surface area contributed by atoms with Crippen LogP contribution >= 0.6 is 0 Å². The average molecular weight is 282 g/mol. The molecule has 0 amide bonds. The lowest BCUT2D eigenvalue weighted by Gasteiger charge is -2.10. The lowest BCUT2D eigenvalue weighted by atomic mass is 10.2. The number of unbranched alkanes of at least 4 members (excludes halogenated alkanes) is 2. The largest absolute Gasteiger partial charge is 0.385 e. The van der Waals surface area contributed by atoms with Crippen LogP contribution in [0.2, 0.25) is 0 Å². The lowest BCUT2D eigenvalue weighted by Crippen LogP contribution is -2.09. The molecule has 0 aliphatic carbocycles. The minimum Gasteiger partial charge on any atom is -0.385 e. The van der Waals surface area contributed by atoms with Crippen molar-refractivity contribution in [3.05, 3.63) is 11.9 Å². The van der Waals surface area contributed by atoms with Gasteiger partial charge in [-0.25, -0.2) is 9.97 Å². The maximum absolute atomic E-state index is 5.09. The second kappa shape index (κ2) is 10.4. The van der Waals surface area contributed by atoms with E-state index in [1.165, 1.54) is 0 Å². The van der Waals surface area contributed by atoms with E-state index in [9.17, 15) is 0 Å². The summed E-state index contributed by atoms with van der Waals surface area (Å²) in [6.45, 7) is 5.03. The Morgan fingerprint density at radius 2 is 1.75 bits per heavy atom. The number of ether oxygens (including phenoxy) is 2. The van der Waals surface area contributed by atoms with E-state index in [0.717, 1.165) is 50.6 Å². The van der Waals surface area contributed by atoms with Gasteiger partial charge in [0.1, 0.15) is 18.2 Å². The standard InChI is InChI=1S/C14H26N4O2/c1-4-15-12-10-13(18-14(17-12)11-20-3)16-8-6-5-7-9-19-2/h10H,4-9,11H2,1-3H3,(H2,15,16,17,18). The predicted molar refractivity (Wildman–Crippen MR) is 81.1 cm³/mol. The first-order valence-electron chi connectivity index (χ1n) is 7.13. The molecule has 0 radical (unpaired) electrons. The van der Waals surface area contributed by atoms with E-state index in [-0.39, 0.29) is 0 Å². The van der Waals surface area contributed by atoms with E-state index in [2.05, 4.69) is 20.6 Å². The summed E-state index contributed by atoms with van der Waals surface area (Å²) in [5, 5.41) is 6.53. The van der Waals surface area contributed by atoms with E-state index in [0.29, 0.717) is 12.4 Å². The van der Waals surface area contributed by atoms with Gasteiger partial charge < -0.3 is 20.1 Å². The molecule has 0 atom stereocenters. The first kappa shape index (κ1) is 16.7. The zero-order chi connectivity index (χ0) is 14.6. The van der Waals surface area contributed by atoms with Crippen LogP contribution in [0.1, 0.15) is 32.0 Å². The third kappa shape index (κ3) is 6.68. The summed E-state index contributed by atoms with van der Waals surface area (Å²) in [4.78, 5) is 8.81. The number of rotatable bonds is 11. The molecule has 1 aromatic heterocycles. The predicted octanol–water partition coefficient (Wildman–Crippen LogP) is 2.28. The molecule has 0 spiro atoms. The van der Waals surface area contributed by atoms with Gasteiger partial charge in [0.05, 0.1) is 0 Å². The van der Waals surface area contributed by atoms with Crippen LogP contribution in [0.5, 0.6) is 0 Å². The smallest absolute Gasteiger partial charge is 0.158 e. The van der Waals surface area contributed by atoms with Crippen LogP contribution in [0.25, 0.3) is 0 Å². The molecule has 0 bridgehead atoms. The Hall–Kier alpha value is -1.40. The van der Waals surface area contributed by atoms with E-state index < -0.39 is 0 Å². The fourth-order valence-electron chi connectivity index (χ4n) is 1.82. The number of anilines is 2. The number of hydrogen-bond donors (Lipinski definition) is 2. The van der Waals surface area contributed by atoms with Gasteiger partial charge >= 0.3 is 0 Å². The van der Waals surface area contributed by atoms with Gasteiger partial charge in [0.15, 0.2) is 5.82 Å². The van der Waals surface area contributed by atoms with Crippen molar-refractivity contribution < 1.29 is 9.47 Å². The minimum absolute atomic E-state index is 0.418. The Morgan fingerprint density at radius 1 is 1.00 bits per heavy atom. The average Bonchev–Trinajstić information content (AvgIpc) is 2.43. The van der Waals surface area contributed by atoms with Crippen molar-refractivity contribution in [1.82, 2.24) is 9.97 Å². The third-order valence-corrected chi connectivity index (χ3v) is 2.74. The molecule has 6 nitrogen and oxygen atoms in total. The van der Waals surface area contributed by atoms with Crippen LogP contribution in [0.15, 0.2) is 6.07 Å². The van der Waals surface area contributed by atoms with Crippen LogP contribution in [0.4, 0.5) is 11.6 Å². The van der Waals surface area contributed by atoms with Crippen LogP contribution in [0, 0.1) is 0 Å². The summed E-state index contributed by atoms with van der Waals surface area (Å²) in [5.41, 5.74) is 0. The van der Waals surface area contributed by atoms with Gasteiger partial charge in [-0.05, 0) is 26.2 Å². The summed E-state index contributed by atoms with van der Waals surface area (Å²) in [5.74, 6) is 2.36. The van der Waals surface area contributed by atoms with Crippen molar-refractivity contribution in [1.29, 1.82) is 0 Å². The summed E-state index contributed by atoms with van der Waals surface area (Å²) >= 11 is 0. The Balaban J connectivity index is 2.46. The molecular weight excluding hydrogens is 256 g/mol. The van der Waals surface area contributed by atoms with E-state index in [1.807, 2.05) is 13.0 Å². The molecule has 20 heavy (non-hydrogen) atoms. The van der Waals surface area contributed by atoms with Crippen molar-refractivity contribution in [3.63, 3.8) is 0 Å². The van der Waals surface area contributed by atoms with Crippen LogP contribution in [0.3, 0.4) is 0 Å². The first-order valence-corrected chi connectivity index (χ1v) is 7.13. The highest BCUT2D eigenvalue weighted by molar-refractivity contribution is 5.47. The third-order valence-electron chi connectivity index (χ3n) is 2.74. The molecule has 0 aromatic carbocycles. The zero-order valence-electron chi connectivity index (χ0n) is 12.7. The molecule has 0 aliphatic heterocycles. The van der Waals surface area contributed by atoms with Gasteiger partial charge in [0, 0.05) is 40.0 Å². The Bertz CT molecular complexity index is 350. The van der Waals surface area contributed by atoms with Gasteiger partial charge in [0.2, 0.25) is 0 Å². The molecule has 1 rings (SSSR count). The summed E-state index contributed by atoms with van der Waals surface area (Å²) < 4.78 is 10.1. The Kier molecular flexibility index (Phi) is 8.66. The second-order valence-electron chi connectivity index (χ2n) is 4.50. The molecule has 6 heteroatoms. The molecule has 0 aliphatic rings. The van der Waals surface area contributed by atoms with E-state index >= 15 is 0 Å². The van der Waals surface area contributed by atoms with Crippen molar-refractivity contribution in [2.24, 2.45) is 0 Å². The maximum Gasteiger partial charge on any atom is 0.158 e. The van der Waals surface area contributed by atoms with Crippen LogP contribution in [-0.4, -0.2) is 43.9 Å². The van der Waals surface area contributed by atoms with Crippen molar-refractivity contribution in [2.75, 3.05) is 44.5 Å². The molecule has 0 saturated carbocycles. The van der Waals surface area contributed by atoms with Crippen LogP contribution < -0.4 is 10.6 Å². The van der Waals surface area contributed by atoms with Crippen LogP contribution in [-0.2, 0) is 16.1 Å². The SMILES string of the molecule is CCNc1cc(NCCCCCOC)nc(COC)n1. The van der Waals surface area contributed by atoms with Crippen molar-refractivity contribution in [3.8, 4) is 0 Å². The number of hydrogen-bond acceptors (Lipinski definition) is 6. The Morgan fingerprint density at radius 3 is 2.40 bits per heavy atom. The number of nitrogens with one attached hydrogen (secondary N) is 2. The highest BCUT2D eigenvalue weighted by Gasteiger charge is 2.03. The zero-order valence-corrected chi connectivity index (χ0v) is 12.7. The summed E-state index contributed by atoms with van der Waals surface area (Å²) in [6.07, 6.45) is 3.35. The summed E-state index contributed by atoms with van der Waals surface area (Å²) in [6, 6.07) is 1.93. The topological polar surface area (TPSA) is 68.3 Å². The fourth-order valence-corrected chi connectivity index (χ4v) is 1.82. The number of methoxy groups -OCH3 is 2. The first-order chi connectivity index (χ1) is 9.80. The molecule has 1 aromatic rings. The highest BCUT2D eigenvalue weighted by Crippen LogP contribution is 2.12. The second-order valence-corrected chi connectivity index (χ2v) is 4.50.